The van der Waals surface area contributed by atoms with Crippen LogP contribution in [0.5, 0.6) is 0 Å². The van der Waals surface area contributed by atoms with Crippen molar-refractivity contribution in [3.05, 3.63) is 64.5 Å². The molecule has 0 saturated heterocycles. The molecule has 2 aromatic heterocycles. The van der Waals surface area contributed by atoms with Crippen LogP contribution >= 0.6 is 35.3 Å². The molecule has 0 aliphatic carbocycles. The molecule has 3 rings (SSSR count). The first-order valence-electron chi connectivity index (χ1n) is 8.04. The average Bonchev–Trinajstić information content (AvgIpc) is 3.14. The molecular weight excluding hydrogens is 443 g/mol. The zero-order valence-corrected chi connectivity index (χ0v) is 17.6. The number of rotatable bonds is 5. The lowest BCUT2D eigenvalue weighted by atomic mass is 10.1. The van der Waals surface area contributed by atoms with Gasteiger partial charge in [-0.25, -0.2) is 0 Å². The van der Waals surface area contributed by atoms with Gasteiger partial charge in [-0.3, -0.25) is 9.98 Å². The molecule has 0 radical (unpaired) electrons. The van der Waals surface area contributed by atoms with Gasteiger partial charge in [-0.2, -0.15) is 0 Å². The standard InChI is InChI=1S/C19H22N4S.HI/c1-20-19(23(2)12-10-17-9-5-13-24-17)22-14-16-7-3-6-15-8-4-11-21-18(15)16;/h3-9,11,13H,10,12,14H2,1-2H3,(H,20,22);1H. The Labute approximate surface area is 170 Å². The highest BCUT2D eigenvalue weighted by atomic mass is 127. The van der Waals surface area contributed by atoms with Crippen molar-refractivity contribution in [2.45, 2.75) is 13.0 Å². The number of hydrogen-bond acceptors (Lipinski definition) is 3. The summed E-state index contributed by atoms with van der Waals surface area (Å²) in [5, 5.41) is 6.73. The number of halogens is 1. The van der Waals surface area contributed by atoms with Gasteiger partial charge in [0, 0.05) is 43.6 Å². The van der Waals surface area contributed by atoms with Gasteiger partial charge in [0.15, 0.2) is 5.96 Å². The third-order valence-corrected chi connectivity index (χ3v) is 4.94. The molecule has 0 atom stereocenters. The lowest BCUT2D eigenvalue weighted by Gasteiger charge is -2.22. The summed E-state index contributed by atoms with van der Waals surface area (Å²) in [6.45, 7) is 1.65. The van der Waals surface area contributed by atoms with E-state index in [1.165, 1.54) is 10.4 Å². The smallest absolute Gasteiger partial charge is 0.193 e. The molecule has 0 saturated carbocycles. The first-order chi connectivity index (χ1) is 11.8. The fourth-order valence-electron chi connectivity index (χ4n) is 2.71. The van der Waals surface area contributed by atoms with Gasteiger partial charge in [-0.1, -0.05) is 30.3 Å². The Bertz CT molecular complexity index is 812. The number of nitrogens with one attached hydrogen (secondary N) is 1. The molecule has 2 heterocycles. The van der Waals surface area contributed by atoms with Gasteiger partial charge in [-0.05, 0) is 29.5 Å². The Balaban J connectivity index is 0.00000225. The van der Waals surface area contributed by atoms with E-state index in [9.17, 15) is 0 Å². The lowest BCUT2D eigenvalue weighted by Crippen LogP contribution is -2.39. The number of pyridine rings is 1. The van der Waals surface area contributed by atoms with Crippen LogP contribution in [0.25, 0.3) is 10.9 Å². The summed E-state index contributed by atoms with van der Waals surface area (Å²) in [6.07, 6.45) is 2.87. The highest BCUT2D eigenvalue weighted by Gasteiger charge is 2.08. The molecule has 25 heavy (non-hydrogen) atoms. The average molecular weight is 466 g/mol. The Morgan fingerprint density at radius 3 is 2.80 bits per heavy atom. The van der Waals surface area contributed by atoms with Gasteiger partial charge < -0.3 is 10.2 Å². The van der Waals surface area contributed by atoms with Gasteiger partial charge >= 0.3 is 0 Å². The molecule has 0 bridgehead atoms. The molecule has 0 aliphatic rings. The highest BCUT2D eigenvalue weighted by Crippen LogP contribution is 2.15. The van der Waals surface area contributed by atoms with Gasteiger partial charge in [-0.15, -0.1) is 35.3 Å². The van der Waals surface area contributed by atoms with E-state index in [1.54, 1.807) is 11.3 Å². The van der Waals surface area contributed by atoms with E-state index in [4.69, 9.17) is 0 Å². The second-order valence-electron chi connectivity index (χ2n) is 5.64. The maximum absolute atomic E-state index is 4.51. The summed E-state index contributed by atoms with van der Waals surface area (Å²) < 4.78 is 0. The molecule has 4 nitrogen and oxygen atoms in total. The molecule has 132 valence electrons. The Morgan fingerprint density at radius 1 is 1.20 bits per heavy atom. The van der Waals surface area contributed by atoms with Crippen molar-refractivity contribution in [2.24, 2.45) is 4.99 Å². The minimum absolute atomic E-state index is 0. The summed E-state index contributed by atoms with van der Waals surface area (Å²) >= 11 is 1.80. The van der Waals surface area contributed by atoms with Crippen LogP contribution in [-0.2, 0) is 13.0 Å². The van der Waals surface area contributed by atoms with Crippen LogP contribution in [0.4, 0.5) is 0 Å². The minimum atomic E-state index is 0. The maximum atomic E-state index is 4.51. The van der Waals surface area contributed by atoms with Crippen molar-refractivity contribution in [2.75, 3.05) is 20.6 Å². The van der Waals surface area contributed by atoms with Gasteiger partial charge in [0.25, 0.3) is 0 Å². The van der Waals surface area contributed by atoms with Crippen molar-refractivity contribution in [3.8, 4) is 0 Å². The minimum Gasteiger partial charge on any atom is -0.352 e. The number of aliphatic imine (C=N–C) groups is 1. The van der Waals surface area contributed by atoms with Crippen molar-refractivity contribution in [3.63, 3.8) is 0 Å². The fourth-order valence-corrected chi connectivity index (χ4v) is 3.41. The molecule has 1 N–H and O–H groups in total. The molecule has 3 aromatic rings. The summed E-state index contributed by atoms with van der Waals surface area (Å²) in [7, 11) is 3.90. The van der Waals surface area contributed by atoms with Crippen molar-refractivity contribution >= 4 is 52.2 Å². The van der Waals surface area contributed by atoms with E-state index < -0.39 is 0 Å². The topological polar surface area (TPSA) is 40.5 Å². The summed E-state index contributed by atoms with van der Waals surface area (Å²) in [5.41, 5.74) is 2.23. The van der Waals surface area contributed by atoms with Crippen LogP contribution in [0.3, 0.4) is 0 Å². The van der Waals surface area contributed by atoms with Crippen LogP contribution in [-0.4, -0.2) is 36.5 Å². The van der Waals surface area contributed by atoms with Crippen molar-refractivity contribution < 1.29 is 0 Å². The molecule has 1 aromatic carbocycles. The third-order valence-electron chi connectivity index (χ3n) is 4.00. The third kappa shape index (κ3) is 5.15. The first-order valence-corrected chi connectivity index (χ1v) is 8.92. The zero-order chi connectivity index (χ0) is 16.8. The van der Waals surface area contributed by atoms with E-state index >= 15 is 0 Å². The molecular formula is C19H23IN4S. The fraction of sp³-hybridized carbons (Fsp3) is 0.263. The Morgan fingerprint density at radius 2 is 2.04 bits per heavy atom. The quantitative estimate of drug-likeness (QED) is 0.349. The van der Waals surface area contributed by atoms with Crippen molar-refractivity contribution in [1.82, 2.24) is 15.2 Å². The van der Waals surface area contributed by atoms with Gasteiger partial charge in [0.1, 0.15) is 0 Å². The predicted molar refractivity (Wildman–Crippen MR) is 118 cm³/mol. The maximum Gasteiger partial charge on any atom is 0.193 e. The van der Waals surface area contributed by atoms with E-state index in [0.29, 0.717) is 6.54 Å². The molecule has 0 aliphatic heterocycles. The Hall–Kier alpha value is -1.67. The number of benzene rings is 1. The normalized spacial score (nSPS) is 11.2. The number of para-hydroxylation sites is 1. The van der Waals surface area contributed by atoms with Crippen LogP contribution in [0.1, 0.15) is 10.4 Å². The van der Waals surface area contributed by atoms with E-state index in [1.807, 2.05) is 19.3 Å². The summed E-state index contributed by atoms with van der Waals surface area (Å²) in [5.74, 6) is 0.902. The van der Waals surface area contributed by atoms with Crippen molar-refractivity contribution in [1.29, 1.82) is 0 Å². The van der Waals surface area contributed by atoms with Crippen LogP contribution in [0, 0.1) is 0 Å². The zero-order valence-electron chi connectivity index (χ0n) is 14.5. The van der Waals surface area contributed by atoms with Crippen LogP contribution in [0.15, 0.2) is 59.0 Å². The number of thiophene rings is 1. The largest absolute Gasteiger partial charge is 0.352 e. The molecule has 0 spiro atoms. The van der Waals surface area contributed by atoms with E-state index in [0.717, 1.165) is 29.8 Å². The SMILES string of the molecule is CN=C(NCc1cccc2cccnc12)N(C)CCc1cccs1.I. The number of hydrogen-bond donors (Lipinski definition) is 1. The number of nitrogens with zero attached hydrogens (tertiary/aromatic N) is 3. The summed E-state index contributed by atoms with van der Waals surface area (Å²) in [6, 6.07) is 14.6. The molecule has 6 heteroatoms. The molecule has 0 fully saturated rings. The first kappa shape index (κ1) is 19.7. The van der Waals surface area contributed by atoms with Crippen LogP contribution in [0.2, 0.25) is 0 Å². The van der Waals surface area contributed by atoms with E-state index in [2.05, 4.69) is 69.0 Å². The van der Waals surface area contributed by atoms with Crippen LogP contribution < -0.4 is 5.32 Å². The summed E-state index contributed by atoms with van der Waals surface area (Å²) in [4.78, 5) is 12.5. The number of guanidine groups is 1. The predicted octanol–water partition coefficient (Wildman–Crippen LogP) is 4.16. The molecule has 0 amide bonds. The Kier molecular flexibility index (Phi) is 7.64. The van der Waals surface area contributed by atoms with Gasteiger partial charge in [0.2, 0.25) is 0 Å². The molecule has 0 unspecified atom stereocenters. The second kappa shape index (κ2) is 9.72. The van der Waals surface area contributed by atoms with E-state index in [-0.39, 0.29) is 24.0 Å². The number of aromatic nitrogens is 1. The highest BCUT2D eigenvalue weighted by molar-refractivity contribution is 14.0. The number of likely N-dealkylation sites (N-methyl/N-ethyl adjacent to an activating group) is 1. The number of fused-ring (bicyclic) bond motifs is 1. The lowest BCUT2D eigenvalue weighted by molar-refractivity contribution is 0.486. The second-order valence-corrected chi connectivity index (χ2v) is 6.68. The monoisotopic (exact) mass is 466 g/mol. The van der Waals surface area contributed by atoms with Gasteiger partial charge in [0.05, 0.1) is 5.52 Å².